The second kappa shape index (κ2) is 28.9. The van der Waals surface area contributed by atoms with Crippen LogP contribution < -0.4 is 60.2 Å². The predicted octanol–water partition coefficient (Wildman–Crippen LogP) is -5.13. The third-order valence-electron chi connectivity index (χ3n) is 10.8. The second-order valence-corrected chi connectivity index (χ2v) is 17.0. The molecule has 26 heteroatoms. The number of nitrogens with two attached hydrogens (primary N) is 4. The number of aliphatic carboxylic acids is 1. The number of carboxylic acid groups (broad SMARTS) is 1. The Kier molecular flexibility index (Phi) is 24.3. The minimum atomic E-state index is -1.80. The Bertz CT molecular complexity index is 1990. The van der Waals surface area contributed by atoms with Crippen molar-refractivity contribution in [2.75, 3.05) is 26.2 Å². The SMILES string of the molecule is CC(=O)NCC(=O)N[C@@H](CCCN=C(N)N)C(=O)N1CCC[C@H]1C(=O)N[C@@H](CCCN=C(N)N)C(=O)N[C@H](C(=O)N[C@H](C(=O)N[C@H](C(=O)N[C@@H](Cc1ccccc1)C(=O)O)C(C)C)[C@@H](C)O)[C@@H](C)O. The molecule has 1 heterocycles. The summed E-state index contributed by atoms with van der Waals surface area (Å²) in [6, 6.07) is -1.46. The molecule has 1 aliphatic heterocycles. The Balaban J connectivity index is 2.31. The molecule has 26 nitrogen and oxygen atoms in total. The van der Waals surface area contributed by atoms with Crippen molar-refractivity contribution in [2.45, 2.75) is 134 Å². The molecule has 1 fully saturated rings. The summed E-state index contributed by atoms with van der Waals surface area (Å²) in [5, 5.41) is 48.4. The number of aliphatic hydroxyl groups is 2. The number of carboxylic acids is 1. The summed E-state index contributed by atoms with van der Waals surface area (Å²) in [4.78, 5) is 128. The Morgan fingerprint density at radius 1 is 0.681 bits per heavy atom. The van der Waals surface area contributed by atoms with E-state index in [2.05, 4.69) is 47.2 Å². The number of aliphatic hydroxyl groups excluding tert-OH is 2. The molecule has 69 heavy (non-hydrogen) atoms. The fraction of sp³-hybridized carbons (Fsp3) is 0.605. The van der Waals surface area contributed by atoms with Crippen LogP contribution in [0.4, 0.5) is 0 Å². The van der Waals surface area contributed by atoms with Crippen LogP contribution in [0.1, 0.15) is 78.7 Å². The van der Waals surface area contributed by atoms with E-state index < -0.39 is 120 Å². The molecule has 384 valence electrons. The zero-order valence-corrected chi connectivity index (χ0v) is 39.6. The largest absolute Gasteiger partial charge is 0.480 e. The highest BCUT2D eigenvalue weighted by Gasteiger charge is 2.40. The van der Waals surface area contributed by atoms with Crippen LogP contribution in [0.25, 0.3) is 0 Å². The fourth-order valence-corrected chi connectivity index (χ4v) is 7.15. The van der Waals surface area contributed by atoms with Gasteiger partial charge in [0.1, 0.15) is 42.3 Å². The normalized spacial score (nSPS) is 16.6. The molecule has 9 atom stereocenters. The summed E-state index contributed by atoms with van der Waals surface area (Å²) >= 11 is 0. The van der Waals surface area contributed by atoms with Crippen molar-refractivity contribution in [3.8, 4) is 0 Å². The molecule has 1 aliphatic rings. The maximum Gasteiger partial charge on any atom is 0.326 e. The molecule has 18 N–H and O–H groups in total. The number of aliphatic imine (C=N–C) groups is 2. The molecule has 0 saturated carbocycles. The van der Waals surface area contributed by atoms with Gasteiger partial charge in [-0.2, -0.15) is 0 Å². The first kappa shape index (κ1) is 58.0. The van der Waals surface area contributed by atoms with Gasteiger partial charge in [-0.3, -0.25) is 48.3 Å². The minimum absolute atomic E-state index is 0.0145. The van der Waals surface area contributed by atoms with E-state index in [1.165, 1.54) is 18.7 Å². The average molecular weight is 975 g/mol. The number of carbonyl (C=O) groups is 9. The quantitative estimate of drug-likeness (QED) is 0.0212. The van der Waals surface area contributed by atoms with Gasteiger partial charge >= 0.3 is 5.97 Å². The van der Waals surface area contributed by atoms with E-state index in [0.717, 1.165) is 6.92 Å². The van der Waals surface area contributed by atoms with Crippen molar-refractivity contribution in [1.29, 1.82) is 0 Å². The van der Waals surface area contributed by atoms with Gasteiger partial charge in [0.2, 0.25) is 47.3 Å². The Labute approximate surface area is 400 Å². The van der Waals surface area contributed by atoms with Gasteiger partial charge in [0, 0.05) is 33.0 Å². The van der Waals surface area contributed by atoms with Gasteiger partial charge in [-0.05, 0) is 63.9 Å². The highest BCUT2D eigenvalue weighted by atomic mass is 16.4. The van der Waals surface area contributed by atoms with Crippen LogP contribution >= 0.6 is 0 Å². The van der Waals surface area contributed by atoms with E-state index in [1.807, 2.05) is 0 Å². The molecule has 0 unspecified atom stereocenters. The smallest absolute Gasteiger partial charge is 0.326 e. The van der Waals surface area contributed by atoms with Crippen molar-refractivity contribution in [3.05, 3.63) is 35.9 Å². The highest BCUT2D eigenvalue weighted by Crippen LogP contribution is 2.21. The van der Waals surface area contributed by atoms with E-state index in [4.69, 9.17) is 22.9 Å². The van der Waals surface area contributed by atoms with Crippen molar-refractivity contribution >= 4 is 65.1 Å². The van der Waals surface area contributed by atoms with Crippen LogP contribution in [0, 0.1) is 5.92 Å². The number of carbonyl (C=O) groups excluding carboxylic acids is 8. The molecule has 0 spiro atoms. The third-order valence-corrected chi connectivity index (χ3v) is 10.8. The summed E-state index contributed by atoms with van der Waals surface area (Å²) in [6.07, 6.45) is -2.48. The molecule has 1 aromatic carbocycles. The van der Waals surface area contributed by atoms with Gasteiger partial charge in [0.05, 0.1) is 18.8 Å². The number of hydrogen-bond acceptors (Lipinski definition) is 13. The lowest BCUT2D eigenvalue weighted by molar-refractivity contribution is -0.143. The van der Waals surface area contributed by atoms with Crippen LogP contribution in [0.5, 0.6) is 0 Å². The van der Waals surface area contributed by atoms with Gasteiger partial charge in [0.25, 0.3) is 0 Å². The molecule has 1 saturated heterocycles. The maximum absolute atomic E-state index is 14.0. The van der Waals surface area contributed by atoms with Crippen LogP contribution in [0.2, 0.25) is 0 Å². The number of nitrogens with one attached hydrogen (secondary N) is 7. The summed E-state index contributed by atoms with van der Waals surface area (Å²) in [6.45, 7) is 6.51. The Morgan fingerprint density at radius 2 is 1.19 bits per heavy atom. The van der Waals surface area contributed by atoms with Crippen LogP contribution in [-0.2, 0) is 49.6 Å². The minimum Gasteiger partial charge on any atom is -0.480 e. The average Bonchev–Trinajstić information content (AvgIpc) is 3.77. The molecule has 0 bridgehead atoms. The van der Waals surface area contributed by atoms with E-state index in [0.29, 0.717) is 12.0 Å². The molecule has 8 amide bonds. The van der Waals surface area contributed by atoms with Gasteiger partial charge < -0.3 is 80.4 Å². The lowest BCUT2D eigenvalue weighted by Gasteiger charge is -2.31. The van der Waals surface area contributed by atoms with E-state index in [9.17, 15) is 58.5 Å². The molecule has 0 aliphatic carbocycles. The van der Waals surface area contributed by atoms with Gasteiger partial charge in [-0.15, -0.1) is 0 Å². The molecule has 0 radical (unpaired) electrons. The van der Waals surface area contributed by atoms with E-state index in [-0.39, 0.29) is 70.1 Å². The first-order valence-electron chi connectivity index (χ1n) is 22.5. The molecule has 1 aromatic rings. The first-order chi connectivity index (χ1) is 32.4. The van der Waals surface area contributed by atoms with E-state index >= 15 is 0 Å². The van der Waals surface area contributed by atoms with Gasteiger partial charge in [-0.25, -0.2) is 4.79 Å². The molecular formula is C43H70N14O12. The lowest BCUT2D eigenvalue weighted by Crippen LogP contribution is -2.63. The summed E-state index contributed by atoms with van der Waals surface area (Å²) < 4.78 is 0. The summed E-state index contributed by atoms with van der Waals surface area (Å²) in [7, 11) is 0. The standard InChI is InChI=1S/C43H70N14O12/c1-22(2)32(37(64)53-29(41(68)69)20-26-12-7-6-8-13-26)54-38(65)34(24(4)59)56-39(66)33(23(3)58)55-35(62)27(14-9-17-48-42(44)45)52-36(63)30-16-11-19-57(30)40(67)28(15-10-18-49-43(46)47)51-31(61)21-50-25(5)60/h6-8,12-13,22-24,27-30,32-34,58-59H,9-11,14-21H2,1-5H3,(H,50,60)(H,51,61)(H,52,63)(H,53,64)(H,54,65)(H,55,62)(H,56,66)(H,68,69)(H4,44,45,48)(H4,46,47,49)/t23-,24-,27+,28+,29+,30+,32+,33+,34+/m1/s1. The Morgan fingerprint density at radius 3 is 1.68 bits per heavy atom. The topological polar surface area (TPSA) is 431 Å². The number of amides is 8. The van der Waals surface area contributed by atoms with Crippen LogP contribution in [-0.4, -0.2) is 166 Å². The van der Waals surface area contributed by atoms with E-state index in [1.54, 1.807) is 44.2 Å². The van der Waals surface area contributed by atoms with Crippen LogP contribution in [0.15, 0.2) is 40.3 Å². The first-order valence-corrected chi connectivity index (χ1v) is 22.5. The Hall–Kier alpha value is -7.09. The number of guanidine groups is 2. The van der Waals surface area contributed by atoms with Crippen LogP contribution in [0.3, 0.4) is 0 Å². The summed E-state index contributed by atoms with van der Waals surface area (Å²) in [5.74, 6) is -8.95. The van der Waals surface area contributed by atoms with Gasteiger partial charge in [0.15, 0.2) is 11.9 Å². The molecule has 0 aromatic heterocycles. The fourth-order valence-electron chi connectivity index (χ4n) is 7.15. The number of hydrogen-bond donors (Lipinski definition) is 14. The number of likely N-dealkylation sites (tertiary alicyclic amines) is 1. The third kappa shape index (κ3) is 20.4. The molecule has 2 rings (SSSR count). The van der Waals surface area contributed by atoms with Crippen molar-refractivity contribution in [2.24, 2.45) is 38.8 Å². The second-order valence-electron chi connectivity index (χ2n) is 17.0. The molecular weight excluding hydrogens is 905 g/mol. The number of benzene rings is 1. The van der Waals surface area contributed by atoms with Crippen molar-refractivity contribution in [1.82, 2.24) is 42.1 Å². The van der Waals surface area contributed by atoms with Crippen molar-refractivity contribution in [3.63, 3.8) is 0 Å². The summed E-state index contributed by atoms with van der Waals surface area (Å²) in [5.41, 5.74) is 22.4. The highest BCUT2D eigenvalue weighted by molar-refractivity contribution is 5.98. The van der Waals surface area contributed by atoms with Crippen molar-refractivity contribution < 1.29 is 58.5 Å². The zero-order valence-electron chi connectivity index (χ0n) is 39.6. The maximum atomic E-state index is 14.0. The number of rotatable bonds is 28. The van der Waals surface area contributed by atoms with Gasteiger partial charge in [-0.1, -0.05) is 44.2 Å². The monoisotopic (exact) mass is 975 g/mol. The lowest BCUT2D eigenvalue weighted by atomic mass is 10.00. The zero-order chi connectivity index (χ0) is 52.0. The predicted molar refractivity (Wildman–Crippen MR) is 251 cm³/mol. The number of nitrogens with zero attached hydrogens (tertiary/aromatic N) is 3.